The van der Waals surface area contributed by atoms with Crippen LogP contribution in [-0.2, 0) is 4.79 Å². The van der Waals surface area contributed by atoms with Crippen LogP contribution in [0.5, 0.6) is 0 Å². The van der Waals surface area contributed by atoms with E-state index in [4.69, 9.17) is 0 Å². The van der Waals surface area contributed by atoms with Crippen LogP contribution in [-0.4, -0.2) is 49.1 Å². The number of amides is 1. The summed E-state index contributed by atoms with van der Waals surface area (Å²) in [6, 6.07) is 3.77. The zero-order valence-electron chi connectivity index (χ0n) is 13.8. The highest BCUT2D eigenvalue weighted by Gasteiger charge is 2.25. The van der Waals surface area contributed by atoms with Crippen LogP contribution < -0.4 is 10.2 Å². The van der Waals surface area contributed by atoms with E-state index in [-0.39, 0.29) is 13.9 Å². The largest absolute Gasteiger partial charge is 0.358 e. The molecule has 1 aliphatic heterocycles. The van der Waals surface area contributed by atoms with Crippen molar-refractivity contribution in [2.24, 2.45) is 0 Å². The summed E-state index contributed by atoms with van der Waals surface area (Å²) in [7, 11) is 0. The van der Waals surface area contributed by atoms with Gasteiger partial charge in [0.15, 0.2) is 17.5 Å². The van der Waals surface area contributed by atoms with Gasteiger partial charge in [0.05, 0.1) is 18.4 Å². The molecule has 0 atom stereocenters. The normalized spacial score (nSPS) is 13.5. The van der Waals surface area contributed by atoms with Gasteiger partial charge in [0.25, 0.3) is 0 Å². The number of carbonyl (C=O) groups is 1. The molecule has 0 spiro atoms. The molecule has 0 radical (unpaired) electrons. The number of hydrogen-bond donors (Lipinski definition) is 2. The molecule has 0 aliphatic carbocycles. The molecule has 3 aromatic heterocycles. The molecule has 0 unspecified atom stereocenters. The maximum atomic E-state index is 12.0. The molecule has 2 N–H and O–H groups in total. The number of H-pyrrole nitrogens is 1. The fourth-order valence-electron chi connectivity index (χ4n) is 2.81. The van der Waals surface area contributed by atoms with Gasteiger partial charge in [0, 0.05) is 19.2 Å². The average Bonchev–Trinajstić information content (AvgIpc) is 3.16. The third-order valence-electron chi connectivity index (χ3n) is 4.05. The van der Waals surface area contributed by atoms with Gasteiger partial charge >= 0.3 is 0 Å². The Labute approximate surface area is 145 Å². The Morgan fingerprint density at radius 3 is 2.84 bits per heavy atom. The van der Waals surface area contributed by atoms with Crippen LogP contribution in [0.3, 0.4) is 0 Å². The van der Waals surface area contributed by atoms with Crippen molar-refractivity contribution in [3.63, 3.8) is 0 Å². The predicted molar refractivity (Wildman–Crippen MR) is 94.0 cm³/mol. The van der Waals surface area contributed by atoms with E-state index in [2.05, 4.69) is 35.5 Å². The molecular weight excluding hydrogens is 320 g/mol. The highest BCUT2D eigenvalue weighted by Crippen LogP contribution is 2.29. The summed E-state index contributed by atoms with van der Waals surface area (Å²) in [4.78, 5) is 31.4. The number of nitrogens with one attached hydrogen (secondary N) is 2. The van der Waals surface area contributed by atoms with Crippen molar-refractivity contribution in [2.45, 2.75) is 13.8 Å². The molecule has 3 aromatic rings. The summed E-state index contributed by atoms with van der Waals surface area (Å²) < 4.78 is 0. The van der Waals surface area contributed by atoms with Gasteiger partial charge in [-0.05, 0) is 26.0 Å². The molecule has 0 aromatic carbocycles. The van der Waals surface area contributed by atoms with Crippen LogP contribution in [0.1, 0.15) is 14.0 Å². The van der Waals surface area contributed by atoms with Gasteiger partial charge in [-0.2, -0.15) is 5.10 Å². The average molecular weight is 338 g/mol. The Bertz CT molecular complexity index is 943. The van der Waals surface area contributed by atoms with E-state index in [0.717, 1.165) is 11.3 Å². The van der Waals surface area contributed by atoms with E-state index in [0.29, 0.717) is 35.4 Å². The molecule has 0 bridgehead atoms. The Kier molecular flexibility index (Phi) is 3.60. The van der Waals surface area contributed by atoms with Crippen LogP contribution in [0.4, 0.5) is 11.6 Å². The number of aryl methyl sites for hydroxylation is 1. The van der Waals surface area contributed by atoms with E-state index < -0.39 is 0 Å². The van der Waals surface area contributed by atoms with Gasteiger partial charge in [0.1, 0.15) is 12.0 Å². The van der Waals surface area contributed by atoms with Crippen molar-refractivity contribution in [2.75, 3.05) is 23.3 Å². The number of nitrogens with zero attached hydrogens (tertiary/aromatic N) is 6. The number of pyridine rings is 1. The molecule has 4 heterocycles. The molecular formula is C16H18N8O. The Morgan fingerprint density at radius 2 is 2.12 bits per heavy atom. The molecule has 1 aliphatic rings. The van der Waals surface area contributed by atoms with Gasteiger partial charge in [-0.15, -0.1) is 0 Å². The second-order valence-corrected chi connectivity index (χ2v) is 5.58. The van der Waals surface area contributed by atoms with Crippen molar-refractivity contribution in [3.8, 4) is 22.8 Å². The fraction of sp³-hybridized carbons (Fsp3) is 0.250. The molecule has 4 rings (SSSR count). The minimum Gasteiger partial charge on any atom is -0.358 e. The minimum atomic E-state index is -0.0167. The lowest BCUT2D eigenvalue weighted by atomic mass is 10.1. The Morgan fingerprint density at radius 1 is 1.24 bits per heavy atom. The number of rotatable bonds is 3. The van der Waals surface area contributed by atoms with Gasteiger partial charge in [-0.3, -0.25) is 14.8 Å². The second-order valence-electron chi connectivity index (χ2n) is 5.58. The lowest BCUT2D eigenvalue weighted by Gasteiger charge is -2.27. The molecule has 0 saturated carbocycles. The first-order chi connectivity index (χ1) is 12.2. The summed E-state index contributed by atoms with van der Waals surface area (Å²) in [6.45, 7) is 4.60. The Balaban J connectivity index is 0.00000196. The standard InChI is InChI=1S/C16H16N8O.H2/c1-3-24-13(25)7-18-15-16(24)22-12(6-17-15)10-4-5-11(21-9(10)2)14-19-8-20-23-14;/h4-6,8H,3,7H2,1-2H3,(H,17,18)(H,19,20,23);1H. The van der Waals surface area contributed by atoms with Crippen molar-refractivity contribution in [1.82, 2.24) is 30.1 Å². The van der Waals surface area contributed by atoms with E-state index >= 15 is 0 Å². The molecule has 1 amide bonds. The van der Waals surface area contributed by atoms with Gasteiger partial charge in [0.2, 0.25) is 5.91 Å². The Hall–Kier alpha value is -3.36. The molecule has 0 fully saturated rings. The van der Waals surface area contributed by atoms with E-state index in [9.17, 15) is 4.79 Å². The lowest BCUT2D eigenvalue weighted by Crippen LogP contribution is -2.40. The number of hydrogen-bond acceptors (Lipinski definition) is 7. The van der Waals surface area contributed by atoms with Gasteiger partial charge in [-0.25, -0.2) is 19.9 Å². The molecule has 25 heavy (non-hydrogen) atoms. The maximum Gasteiger partial charge on any atom is 0.247 e. The van der Waals surface area contributed by atoms with Crippen LogP contribution in [0.25, 0.3) is 22.8 Å². The first-order valence-electron chi connectivity index (χ1n) is 7.92. The SMILES string of the molecule is CCN1C(=O)CNc2ncc(-c3ccc(-c4ncn[nH]4)nc3C)nc21.[HH]. The third kappa shape index (κ3) is 2.59. The summed E-state index contributed by atoms with van der Waals surface area (Å²) in [5.74, 6) is 1.76. The van der Waals surface area contributed by atoms with Gasteiger partial charge < -0.3 is 5.32 Å². The fourth-order valence-corrected chi connectivity index (χ4v) is 2.81. The number of aromatic amines is 1. The lowest BCUT2D eigenvalue weighted by molar-refractivity contribution is -0.117. The van der Waals surface area contributed by atoms with Crippen LogP contribution in [0.2, 0.25) is 0 Å². The number of aromatic nitrogens is 6. The highest BCUT2D eigenvalue weighted by molar-refractivity contribution is 6.00. The topological polar surface area (TPSA) is 113 Å². The zero-order chi connectivity index (χ0) is 17.4. The van der Waals surface area contributed by atoms with Crippen molar-refractivity contribution in [1.29, 1.82) is 0 Å². The molecule has 128 valence electrons. The van der Waals surface area contributed by atoms with Gasteiger partial charge in [-0.1, -0.05) is 0 Å². The second kappa shape index (κ2) is 5.93. The summed E-state index contributed by atoms with van der Waals surface area (Å²) >= 11 is 0. The molecule has 0 saturated heterocycles. The van der Waals surface area contributed by atoms with Crippen molar-refractivity contribution < 1.29 is 6.22 Å². The van der Waals surface area contributed by atoms with Crippen molar-refractivity contribution in [3.05, 3.63) is 30.4 Å². The summed E-state index contributed by atoms with van der Waals surface area (Å²) in [6.07, 6.45) is 3.13. The number of likely N-dealkylation sites (N-methyl/N-ethyl adjacent to an activating group) is 1. The summed E-state index contributed by atoms with van der Waals surface area (Å²) in [5, 5.41) is 9.63. The number of carbonyl (C=O) groups excluding carboxylic acids is 1. The highest BCUT2D eigenvalue weighted by atomic mass is 16.2. The summed E-state index contributed by atoms with van der Waals surface area (Å²) in [5.41, 5.74) is 3.02. The smallest absolute Gasteiger partial charge is 0.247 e. The van der Waals surface area contributed by atoms with Crippen LogP contribution in [0, 0.1) is 6.92 Å². The zero-order valence-corrected chi connectivity index (χ0v) is 13.8. The quantitative estimate of drug-likeness (QED) is 0.746. The van der Waals surface area contributed by atoms with E-state index in [1.54, 1.807) is 11.1 Å². The first-order valence-corrected chi connectivity index (χ1v) is 7.92. The molecule has 9 heteroatoms. The minimum absolute atomic E-state index is 0. The van der Waals surface area contributed by atoms with E-state index in [1.165, 1.54) is 6.33 Å². The van der Waals surface area contributed by atoms with Crippen molar-refractivity contribution >= 4 is 17.5 Å². The number of fused-ring (bicyclic) bond motifs is 1. The maximum absolute atomic E-state index is 12.0. The number of anilines is 2. The predicted octanol–water partition coefficient (Wildman–Crippen LogP) is 1.66. The third-order valence-corrected chi connectivity index (χ3v) is 4.05. The molecule has 9 nitrogen and oxygen atoms in total. The monoisotopic (exact) mass is 338 g/mol. The first kappa shape index (κ1) is 15.2. The van der Waals surface area contributed by atoms with E-state index in [1.807, 2.05) is 26.0 Å². The van der Waals surface area contributed by atoms with Crippen LogP contribution >= 0.6 is 0 Å². The van der Waals surface area contributed by atoms with Crippen LogP contribution in [0.15, 0.2) is 24.7 Å².